The Bertz CT molecular complexity index is 1470. The normalized spacial score (nSPS) is 16.4. The number of ether oxygens (including phenoxy) is 2. The topological polar surface area (TPSA) is 137 Å². The quantitative estimate of drug-likeness (QED) is 0.333. The highest BCUT2D eigenvalue weighted by molar-refractivity contribution is 7.86. The Hall–Kier alpha value is -3.55. The number of nitrogens with one attached hydrogen (secondary N) is 1. The van der Waals surface area contributed by atoms with Crippen LogP contribution in [0.5, 0.6) is 11.5 Å². The van der Waals surface area contributed by atoms with Crippen molar-refractivity contribution in [3.05, 3.63) is 47.8 Å². The third kappa shape index (κ3) is 5.89. The number of aromatic nitrogens is 3. The lowest BCUT2D eigenvalue weighted by Gasteiger charge is -2.26. The Balaban J connectivity index is 1.52. The molecule has 5 rings (SSSR count). The van der Waals surface area contributed by atoms with E-state index >= 15 is 0 Å². The van der Waals surface area contributed by atoms with Gasteiger partial charge < -0.3 is 19.0 Å². The molecule has 12 nitrogen and oxygen atoms in total. The third-order valence-corrected chi connectivity index (χ3v) is 6.50. The number of amides is 1. The number of fused-ring (bicyclic) bond motifs is 3. The molecule has 0 spiro atoms. The van der Waals surface area contributed by atoms with Gasteiger partial charge >= 0.3 is 10.1 Å². The Morgan fingerprint density at radius 2 is 2.05 bits per heavy atom. The van der Waals surface area contributed by atoms with E-state index < -0.39 is 16.0 Å². The number of anilines is 1. The molecule has 4 heterocycles. The Labute approximate surface area is 214 Å². The monoisotopic (exact) mass is 528 g/mol. The average Bonchev–Trinajstić information content (AvgIpc) is 3.39. The van der Waals surface area contributed by atoms with Gasteiger partial charge in [0.1, 0.15) is 11.3 Å². The van der Waals surface area contributed by atoms with Crippen LogP contribution in [0.25, 0.3) is 10.9 Å². The molecule has 37 heavy (non-hydrogen) atoms. The van der Waals surface area contributed by atoms with Gasteiger partial charge in [-0.05, 0) is 30.7 Å². The number of hydrogen-bond acceptors (Lipinski definition) is 10. The molecule has 0 bridgehead atoms. The van der Waals surface area contributed by atoms with Crippen molar-refractivity contribution < 1.29 is 26.9 Å². The zero-order chi connectivity index (χ0) is 25.8. The van der Waals surface area contributed by atoms with E-state index in [-0.39, 0.29) is 22.6 Å². The second kappa shape index (κ2) is 10.8. The predicted molar refractivity (Wildman–Crippen MR) is 135 cm³/mol. The molecule has 0 saturated carbocycles. The number of rotatable bonds is 8. The van der Waals surface area contributed by atoms with Gasteiger partial charge in [0.05, 0.1) is 31.6 Å². The van der Waals surface area contributed by atoms with Crippen molar-refractivity contribution in [3.63, 3.8) is 0 Å². The Morgan fingerprint density at radius 1 is 1.22 bits per heavy atom. The molecular weight excluding hydrogens is 500 g/mol. The molecule has 1 N–H and O–H groups in total. The fourth-order valence-corrected chi connectivity index (χ4v) is 4.78. The smallest absolute Gasteiger partial charge is 0.306 e. The van der Waals surface area contributed by atoms with Crippen LogP contribution in [0.4, 0.5) is 5.82 Å². The summed E-state index contributed by atoms with van der Waals surface area (Å²) in [6, 6.07) is 6.74. The van der Waals surface area contributed by atoms with Crippen molar-refractivity contribution in [3.8, 4) is 11.5 Å². The summed E-state index contributed by atoms with van der Waals surface area (Å²) in [5.74, 6) is 0.372. The zero-order valence-corrected chi connectivity index (χ0v) is 21.2. The van der Waals surface area contributed by atoms with Crippen LogP contribution in [0.1, 0.15) is 16.8 Å². The zero-order valence-electron chi connectivity index (χ0n) is 20.4. The van der Waals surface area contributed by atoms with Crippen LogP contribution < -0.4 is 19.9 Å². The predicted octanol–water partition coefficient (Wildman–Crippen LogP) is 1.04. The number of benzene rings is 1. The van der Waals surface area contributed by atoms with Crippen molar-refractivity contribution in [2.45, 2.75) is 13.0 Å². The molecule has 2 aliphatic rings. The first-order chi connectivity index (χ1) is 17.9. The SMILES string of the molecule is CS(=O)(=O)Oc1c(OCCCN2CCOCC2)ccc2c3n(c(=NC(=O)c4cccnc4)nc12)CCN3. The molecule has 0 atom stereocenters. The molecule has 1 fully saturated rings. The number of morpholine rings is 1. The fraction of sp³-hybridized carbons (Fsp3) is 0.417. The summed E-state index contributed by atoms with van der Waals surface area (Å²) >= 11 is 0. The van der Waals surface area contributed by atoms with Crippen LogP contribution in [-0.4, -0.2) is 86.0 Å². The summed E-state index contributed by atoms with van der Waals surface area (Å²) < 4.78 is 42.9. The van der Waals surface area contributed by atoms with Crippen molar-refractivity contribution in [1.29, 1.82) is 0 Å². The third-order valence-electron chi connectivity index (χ3n) is 6.03. The first-order valence-corrected chi connectivity index (χ1v) is 13.8. The second-order valence-electron chi connectivity index (χ2n) is 8.73. The van der Waals surface area contributed by atoms with E-state index in [0.29, 0.717) is 36.5 Å². The molecule has 0 radical (unpaired) electrons. The highest BCUT2D eigenvalue weighted by atomic mass is 32.2. The van der Waals surface area contributed by atoms with Crippen molar-refractivity contribution >= 4 is 32.7 Å². The molecule has 0 aliphatic carbocycles. The van der Waals surface area contributed by atoms with Gasteiger partial charge in [0.15, 0.2) is 5.75 Å². The van der Waals surface area contributed by atoms with E-state index in [0.717, 1.165) is 45.5 Å². The van der Waals surface area contributed by atoms with Crippen LogP contribution in [0.3, 0.4) is 0 Å². The van der Waals surface area contributed by atoms with Crippen molar-refractivity contribution in [2.24, 2.45) is 4.99 Å². The molecule has 2 aliphatic heterocycles. The molecule has 196 valence electrons. The lowest BCUT2D eigenvalue weighted by atomic mass is 10.2. The maximum atomic E-state index is 12.8. The number of nitrogens with zero attached hydrogens (tertiary/aromatic N) is 5. The summed E-state index contributed by atoms with van der Waals surface area (Å²) in [4.78, 5) is 27.9. The van der Waals surface area contributed by atoms with E-state index in [1.54, 1.807) is 35.0 Å². The van der Waals surface area contributed by atoms with Gasteiger partial charge in [0.25, 0.3) is 5.91 Å². The van der Waals surface area contributed by atoms with Gasteiger partial charge in [-0.15, -0.1) is 0 Å². The van der Waals surface area contributed by atoms with Crippen LogP contribution in [0.2, 0.25) is 0 Å². The van der Waals surface area contributed by atoms with Gasteiger partial charge in [-0.1, -0.05) is 0 Å². The van der Waals surface area contributed by atoms with Crippen LogP contribution in [0.15, 0.2) is 41.7 Å². The van der Waals surface area contributed by atoms with Crippen molar-refractivity contribution in [2.75, 3.05) is 57.6 Å². The number of carbonyl (C=O) groups excluding carboxylic acids is 1. The highest BCUT2D eigenvalue weighted by Gasteiger charge is 2.23. The molecule has 1 saturated heterocycles. The fourth-order valence-electron chi connectivity index (χ4n) is 4.32. The first kappa shape index (κ1) is 25.1. The summed E-state index contributed by atoms with van der Waals surface area (Å²) in [7, 11) is -3.91. The first-order valence-electron chi connectivity index (χ1n) is 12.0. The summed E-state index contributed by atoms with van der Waals surface area (Å²) in [5.41, 5.74) is 0.674. The minimum atomic E-state index is -3.91. The van der Waals surface area contributed by atoms with Gasteiger partial charge in [0, 0.05) is 50.5 Å². The summed E-state index contributed by atoms with van der Waals surface area (Å²) in [5, 5.41) is 3.90. The van der Waals surface area contributed by atoms with Gasteiger partial charge in [-0.25, -0.2) is 4.98 Å². The second-order valence-corrected chi connectivity index (χ2v) is 10.3. The summed E-state index contributed by atoms with van der Waals surface area (Å²) in [6.07, 6.45) is 4.70. The van der Waals surface area contributed by atoms with Crippen LogP contribution in [0, 0.1) is 0 Å². The van der Waals surface area contributed by atoms with Gasteiger partial charge in [0.2, 0.25) is 11.4 Å². The number of hydrogen-bond donors (Lipinski definition) is 1. The minimum Gasteiger partial charge on any atom is -0.489 e. The lowest BCUT2D eigenvalue weighted by Crippen LogP contribution is -2.37. The van der Waals surface area contributed by atoms with E-state index in [4.69, 9.17) is 13.7 Å². The van der Waals surface area contributed by atoms with Gasteiger partial charge in [-0.3, -0.25) is 19.2 Å². The average molecular weight is 529 g/mol. The lowest BCUT2D eigenvalue weighted by molar-refractivity contribution is 0.0357. The van der Waals surface area contributed by atoms with E-state index in [2.05, 4.69) is 25.2 Å². The molecule has 1 aromatic carbocycles. The standard InChI is InChI=1S/C24H28N6O6S/c1-37(32,33)36-21-19(35-13-3-9-29-11-14-34-15-12-29)6-5-18-20(21)27-24(30-10-8-26-22(18)30)28-23(31)17-4-2-7-25-16-17/h2,4-7,16,26H,3,8-15H2,1H3. The van der Waals surface area contributed by atoms with Crippen LogP contribution in [-0.2, 0) is 21.4 Å². The number of carbonyl (C=O) groups is 1. The van der Waals surface area contributed by atoms with Crippen LogP contribution >= 0.6 is 0 Å². The largest absolute Gasteiger partial charge is 0.489 e. The molecule has 3 aromatic rings. The maximum Gasteiger partial charge on any atom is 0.306 e. The minimum absolute atomic E-state index is 0.0336. The van der Waals surface area contributed by atoms with E-state index in [9.17, 15) is 13.2 Å². The summed E-state index contributed by atoms with van der Waals surface area (Å²) in [6.45, 7) is 5.53. The van der Waals surface area contributed by atoms with E-state index in [1.165, 1.54) is 6.20 Å². The Morgan fingerprint density at radius 3 is 2.81 bits per heavy atom. The molecular formula is C24H28N6O6S. The molecule has 1 amide bonds. The number of pyridine rings is 1. The highest BCUT2D eigenvalue weighted by Crippen LogP contribution is 2.38. The van der Waals surface area contributed by atoms with Crippen molar-refractivity contribution in [1.82, 2.24) is 19.4 Å². The van der Waals surface area contributed by atoms with Gasteiger partial charge in [-0.2, -0.15) is 13.4 Å². The molecule has 13 heteroatoms. The molecule has 2 aromatic heterocycles. The molecule has 0 unspecified atom stereocenters. The maximum absolute atomic E-state index is 12.8. The Kier molecular flexibility index (Phi) is 7.35. The van der Waals surface area contributed by atoms with E-state index in [1.807, 2.05) is 0 Å².